The Bertz CT molecular complexity index is 1330. The zero-order valence-corrected chi connectivity index (χ0v) is 19.7. The Morgan fingerprint density at radius 2 is 1.76 bits per heavy atom. The smallest absolute Gasteiger partial charge is 0.259 e. The van der Waals surface area contributed by atoms with Crippen LogP contribution in [0.3, 0.4) is 0 Å². The van der Waals surface area contributed by atoms with Crippen molar-refractivity contribution < 1.29 is 4.79 Å². The summed E-state index contributed by atoms with van der Waals surface area (Å²) in [6.07, 6.45) is 7.76. The maximum Gasteiger partial charge on any atom is 0.259 e. The Morgan fingerprint density at radius 1 is 0.971 bits per heavy atom. The van der Waals surface area contributed by atoms with E-state index in [0.29, 0.717) is 24.3 Å². The Morgan fingerprint density at radius 3 is 2.53 bits per heavy atom. The first-order chi connectivity index (χ1) is 16.6. The van der Waals surface area contributed by atoms with Crippen LogP contribution in [0.5, 0.6) is 0 Å². The number of amides is 1. The van der Waals surface area contributed by atoms with Gasteiger partial charge in [0.2, 0.25) is 0 Å². The molecule has 1 aliphatic rings. The lowest BCUT2D eigenvalue weighted by atomic mass is 10.0. The average molecular weight is 452 g/mol. The minimum absolute atomic E-state index is 0.000727. The zero-order valence-electron chi connectivity index (χ0n) is 19.7. The van der Waals surface area contributed by atoms with Crippen LogP contribution >= 0.6 is 0 Å². The van der Waals surface area contributed by atoms with E-state index >= 15 is 0 Å². The number of benzene rings is 2. The highest BCUT2D eigenvalue weighted by atomic mass is 16.2. The number of hydrogen-bond donors (Lipinski definition) is 0. The van der Waals surface area contributed by atoms with Gasteiger partial charge in [-0.25, -0.2) is 9.50 Å². The lowest BCUT2D eigenvalue weighted by molar-refractivity contribution is 0.0652. The van der Waals surface area contributed by atoms with Crippen LogP contribution in [-0.4, -0.2) is 63.0 Å². The number of hydrogen-bond acceptors (Lipinski definition) is 4. The monoisotopic (exact) mass is 451 g/mol. The van der Waals surface area contributed by atoms with Crippen molar-refractivity contribution in [2.24, 2.45) is 0 Å². The number of piperazine rings is 1. The zero-order chi connectivity index (χ0) is 23.5. The highest BCUT2D eigenvalue weighted by Gasteiger charge is 2.25. The van der Waals surface area contributed by atoms with E-state index in [2.05, 4.69) is 71.3 Å². The molecular formula is C28H29N5O. The van der Waals surface area contributed by atoms with Gasteiger partial charge in [-0.2, -0.15) is 5.10 Å². The maximum absolute atomic E-state index is 13.3. The fraction of sp³-hybridized carbons (Fsp3) is 0.250. The van der Waals surface area contributed by atoms with Crippen molar-refractivity contribution in [3.8, 4) is 11.3 Å². The maximum atomic E-state index is 13.3. The summed E-state index contributed by atoms with van der Waals surface area (Å²) in [4.78, 5) is 22.1. The van der Waals surface area contributed by atoms with Crippen molar-refractivity contribution in [1.82, 2.24) is 24.4 Å². The second-order valence-electron chi connectivity index (χ2n) is 8.83. The molecule has 1 aliphatic heterocycles. The van der Waals surface area contributed by atoms with Gasteiger partial charge in [-0.1, -0.05) is 54.6 Å². The highest BCUT2D eigenvalue weighted by molar-refractivity contribution is 6.00. The lowest BCUT2D eigenvalue weighted by Crippen LogP contribution is -2.48. The van der Waals surface area contributed by atoms with Gasteiger partial charge in [0.05, 0.1) is 11.9 Å². The van der Waals surface area contributed by atoms with Gasteiger partial charge in [-0.3, -0.25) is 9.69 Å². The number of nitrogens with zero attached hydrogens (tertiary/aromatic N) is 5. The van der Waals surface area contributed by atoms with E-state index in [1.54, 1.807) is 16.9 Å². The molecule has 6 nitrogen and oxygen atoms in total. The first-order valence-electron chi connectivity index (χ1n) is 11.7. The van der Waals surface area contributed by atoms with E-state index in [1.807, 2.05) is 29.2 Å². The SMILES string of the molecule is Cc1ccc(-c2ccnc3c(C(=O)N4CCN(C/C=C/c5ccccc5)CC4)cnn23)cc1C. The van der Waals surface area contributed by atoms with E-state index in [0.717, 1.165) is 30.9 Å². The molecule has 34 heavy (non-hydrogen) atoms. The molecule has 1 amide bonds. The largest absolute Gasteiger partial charge is 0.336 e. The van der Waals surface area contributed by atoms with Crippen molar-refractivity contribution in [1.29, 1.82) is 0 Å². The van der Waals surface area contributed by atoms with Crippen LogP contribution in [0, 0.1) is 13.8 Å². The summed E-state index contributed by atoms with van der Waals surface area (Å²) >= 11 is 0. The molecule has 0 atom stereocenters. The predicted octanol–water partition coefficient (Wildman–Crippen LogP) is 4.48. The quantitative estimate of drug-likeness (QED) is 0.449. The molecule has 172 valence electrons. The van der Waals surface area contributed by atoms with Gasteiger partial charge in [0.25, 0.3) is 5.91 Å². The van der Waals surface area contributed by atoms with E-state index in [9.17, 15) is 4.79 Å². The molecule has 0 saturated carbocycles. The molecule has 3 heterocycles. The predicted molar refractivity (Wildman–Crippen MR) is 136 cm³/mol. The van der Waals surface area contributed by atoms with E-state index in [1.165, 1.54) is 16.7 Å². The minimum atomic E-state index is -0.000727. The van der Waals surface area contributed by atoms with Crippen LogP contribution in [0.1, 0.15) is 27.0 Å². The molecule has 5 rings (SSSR count). The standard InChI is InChI=1S/C28H29N5O/c1-21-10-11-24(19-22(21)2)26-12-13-29-27-25(20-30-33(26)27)28(34)32-17-15-31(16-18-32)14-6-9-23-7-4-3-5-8-23/h3-13,19-20H,14-18H2,1-2H3/b9-6+. The van der Waals surface area contributed by atoms with Gasteiger partial charge < -0.3 is 4.90 Å². The van der Waals surface area contributed by atoms with Gasteiger partial charge in [-0.05, 0) is 42.7 Å². The van der Waals surface area contributed by atoms with Crippen molar-refractivity contribution in [3.05, 3.63) is 95.3 Å². The van der Waals surface area contributed by atoms with Crippen LogP contribution in [0.25, 0.3) is 23.0 Å². The third-order valence-electron chi connectivity index (χ3n) is 6.57. The topological polar surface area (TPSA) is 53.7 Å². The van der Waals surface area contributed by atoms with E-state index in [-0.39, 0.29) is 5.91 Å². The number of aromatic nitrogens is 3. The molecule has 0 N–H and O–H groups in total. The molecule has 6 heteroatoms. The summed E-state index contributed by atoms with van der Waals surface area (Å²) in [5, 5.41) is 4.53. The molecule has 0 spiro atoms. The van der Waals surface area contributed by atoms with Gasteiger partial charge >= 0.3 is 0 Å². The molecule has 0 bridgehead atoms. The van der Waals surface area contributed by atoms with Crippen LogP contribution in [0.15, 0.2) is 73.1 Å². The van der Waals surface area contributed by atoms with Gasteiger partial charge in [0.15, 0.2) is 5.65 Å². The number of carbonyl (C=O) groups is 1. The normalized spacial score (nSPS) is 14.8. The molecule has 4 aromatic rings. The number of carbonyl (C=O) groups excluding carboxylic acids is 1. The lowest BCUT2D eigenvalue weighted by Gasteiger charge is -2.34. The summed E-state index contributed by atoms with van der Waals surface area (Å²) < 4.78 is 1.78. The summed E-state index contributed by atoms with van der Waals surface area (Å²) in [6.45, 7) is 8.20. The molecule has 2 aromatic heterocycles. The van der Waals surface area contributed by atoms with Crippen molar-refractivity contribution in [2.75, 3.05) is 32.7 Å². The summed E-state index contributed by atoms with van der Waals surface area (Å²) in [5.41, 5.74) is 6.84. The molecule has 0 aliphatic carbocycles. The summed E-state index contributed by atoms with van der Waals surface area (Å²) in [6, 6.07) is 18.6. The highest BCUT2D eigenvalue weighted by Crippen LogP contribution is 2.24. The fourth-order valence-electron chi connectivity index (χ4n) is 4.37. The first-order valence-corrected chi connectivity index (χ1v) is 11.7. The third kappa shape index (κ3) is 4.50. The van der Waals surface area contributed by atoms with Gasteiger partial charge in [0.1, 0.15) is 5.56 Å². The number of aryl methyl sites for hydroxylation is 2. The second-order valence-corrected chi connectivity index (χ2v) is 8.83. The molecule has 0 unspecified atom stereocenters. The third-order valence-corrected chi connectivity index (χ3v) is 6.57. The van der Waals surface area contributed by atoms with Crippen molar-refractivity contribution >= 4 is 17.6 Å². The Balaban J connectivity index is 1.27. The molecular weight excluding hydrogens is 422 g/mol. The molecule has 0 radical (unpaired) electrons. The summed E-state index contributed by atoms with van der Waals surface area (Å²) in [7, 11) is 0. The molecule has 1 fully saturated rings. The first kappa shape index (κ1) is 22.0. The van der Waals surface area contributed by atoms with Crippen LogP contribution < -0.4 is 0 Å². The van der Waals surface area contributed by atoms with E-state index in [4.69, 9.17) is 0 Å². The molecule has 1 saturated heterocycles. The van der Waals surface area contributed by atoms with Crippen molar-refractivity contribution in [3.63, 3.8) is 0 Å². The van der Waals surface area contributed by atoms with Gasteiger partial charge in [0, 0.05) is 44.5 Å². The minimum Gasteiger partial charge on any atom is -0.336 e. The fourth-order valence-corrected chi connectivity index (χ4v) is 4.37. The van der Waals surface area contributed by atoms with Crippen LogP contribution in [0.2, 0.25) is 0 Å². The Labute approximate surface area is 200 Å². The van der Waals surface area contributed by atoms with Crippen LogP contribution in [0.4, 0.5) is 0 Å². The van der Waals surface area contributed by atoms with E-state index < -0.39 is 0 Å². The van der Waals surface area contributed by atoms with Gasteiger partial charge in [-0.15, -0.1) is 0 Å². The Hall–Kier alpha value is -3.77. The summed E-state index contributed by atoms with van der Waals surface area (Å²) in [5.74, 6) is -0.000727. The number of fused-ring (bicyclic) bond motifs is 1. The Kier molecular flexibility index (Phi) is 6.23. The van der Waals surface area contributed by atoms with Crippen LogP contribution in [-0.2, 0) is 0 Å². The molecule has 2 aromatic carbocycles. The van der Waals surface area contributed by atoms with Crippen molar-refractivity contribution in [2.45, 2.75) is 13.8 Å². The second kappa shape index (κ2) is 9.61. The average Bonchev–Trinajstić information content (AvgIpc) is 3.31. The number of rotatable bonds is 5.